The van der Waals surface area contributed by atoms with Crippen molar-refractivity contribution in [3.8, 4) is 5.75 Å². The molecule has 0 saturated carbocycles. The van der Waals surface area contributed by atoms with Crippen LogP contribution in [0.15, 0.2) is 24.3 Å². The van der Waals surface area contributed by atoms with Crippen molar-refractivity contribution in [1.29, 1.82) is 0 Å². The van der Waals surface area contributed by atoms with Gasteiger partial charge in [0.25, 0.3) is 0 Å². The van der Waals surface area contributed by atoms with Crippen molar-refractivity contribution >= 4 is 15.9 Å². The number of benzene rings is 1. The number of alkyl halides is 1. The van der Waals surface area contributed by atoms with Crippen LogP contribution in [0.3, 0.4) is 0 Å². The van der Waals surface area contributed by atoms with Gasteiger partial charge in [-0.05, 0) is 62.9 Å². The van der Waals surface area contributed by atoms with Gasteiger partial charge in [-0.2, -0.15) is 0 Å². The Kier molecular flexibility index (Phi) is 7.45. The number of piperidine rings is 1. The van der Waals surface area contributed by atoms with E-state index in [1.807, 2.05) is 0 Å². The quantitative estimate of drug-likeness (QED) is 0.506. The van der Waals surface area contributed by atoms with Gasteiger partial charge in [-0.15, -0.1) is 0 Å². The van der Waals surface area contributed by atoms with E-state index in [-0.39, 0.29) is 0 Å². The summed E-state index contributed by atoms with van der Waals surface area (Å²) in [5.74, 6) is 1.01. The summed E-state index contributed by atoms with van der Waals surface area (Å²) in [6, 6.07) is 8.65. The summed E-state index contributed by atoms with van der Waals surface area (Å²) in [6.45, 7) is 4.43. The first-order chi connectivity index (χ1) is 9.88. The van der Waals surface area contributed by atoms with Gasteiger partial charge in [0.05, 0.1) is 6.61 Å². The van der Waals surface area contributed by atoms with Crippen molar-refractivity contribution in [2.45, 2.75) is 45.1 Å². The normalized spacial score (nSPS) is 16.2. The minimum atomic E-state index is 0.832. The Morgan fingerprint density at radius 3 is 2.40 bits per heavy atom. The lowest BCUT2D eigenvalue weighted by Crippen LogP contribution is -2.28. The first-order valence-corrected chi connectivity index (χ1v) is 9.01. The zero-order valence-corrected chi connectivity index (χ0v) is 13.9. The Balaban J connectivity index is 1.69. The predicted octanol–water partition coefficient (Wildman–Crippen LogP) is 4.62. The highest BCUT2D eigenvalue weighted by atomic mass is 79.9. The van der Waals surface area contributed by atoms with Crippen LogP contribution in [0.4, 0.5) is 0 Å². The van der Waals surface area contributed by atoms with Gasteiger partial charge in [-0.1, -0.05) is 34.5 Å². The molecule has 0 aromatic heterocycles. The molecule has 2 nitrogen and oxygen atoms in total. The molecule has 0 spiro atoms. The second-order valence-electron chi connectivity index (χ2n) is 5.58. The van der Waals surface area contributed by atoms with Gasteiger partial charge in [0.1, 0.15) is 5.75 Å². The molecular weight excluding hydrogens is 314 g/mol. The summed E-state index contributed by atoms with van der Waals surface area (Å²) in [5.41, 5.74) is 1.40. The van der Waals surface area contributed by atoms with E-state index in [1.165, 1.54) is 50.8 Å². The van der Waals surface area contributed by atoms with Crippen LogP contribution in [0, 0.1) is 0 Å². The van der Waals surface area contributed by atoms with Crippen LogP contribution in [0.5, 0.6) is 5.75 Å². The van der Waals surface area contributed by atoms with Gasteiger partial charge in [-0.25, -0.2) is 0 Å². The van der Waals surface area contributed by atoms with E-state index < -0.39 is 0 Å². The number of nitrogens with zero attached hydrogens (tertiary/aromatic N) is 1. The molecule has 0 N–H and O–H groups in total. The van der Waals surface area contributed by atoms with Gasteiger partial charge in [0.2, 0.25) is 0 Å². The Hall–Kier alpha value is -0.540. The third-order valence-corrected chi connectivity index (χ3v) is 4.39. The molecule has 0 aliphatic carbocycles. The second-order valence-corrected chi connectivity index (χ2v) is 6.37. The Morgan fingerprint density at radius 2 is 1.70 bits per heavy atom. The van der Waals surface area contributed by atoms with Crippen molar-refractivity contribution in [2.24, 2.45) is 0 Å². The van der Waals surface area contributed by atoms with Crippen LogP contribution in [-0.2, 0) is 6.54 Å². The maximum Gasteiger partial charge on any atom is 0.119 e. The van der Waals surface area contributed by atoms with E-state index in [1.54, 1.807) is 0 Å². The molecule has 0 unspecified atom stereocenters. The summed E-state index contributed by atoms with van der Waals surface area (Å²) < 4.78 is 5.77. The third kappa shape index (κ3) is 5.84. The number of ether oxygens (including phenoxy) is 1. The molecule has 0 atom stereocenters. The lowest BCUT2D eigenvalue weighted by molar-refractivity contribution is 0.221. The number of unbranched alkanes of at least 4 members (excludes halogenated alkanes) is 2. The molecule has 0 radical (unpaired) electrons. The number of hydrogen-bond donors (Lipinski definition) is 0. The zero-order valence-electron chi connectivity index (χ0n) is 12.3. The van der Waals surface area contributed by atoms with Crippen molar-refractivity contribution in [3.05, 3.63) is 29.8 Å². The lowest BCUT2D eigenvalue weighted by atomic mass is 10.1. The van der Waals surface area contributed by atoms with E-state index in [4.69, 9.17) is 4.74 Å². The Morgan fingerprint density at radius 1 is 0.950 bits per heavy atom. The molecule has 1 heterocycles. The largest absolute Gasteiger partial charge is 0.494 e. The number of hydrogen-bond acceptors (Lipinski definition) is 2. The number of likely N-dealkylation sites (tertiary alicyclic amines) is 1. The fraction of sp³-hybridized carbons (Fsp3) is 0.647. The maximum atomic E-state index is 5.77. The summed E-state index contributed by atoms with van der Waals surface area (Å²) in [4.78, 5) is 2.56. The summed E-state index contributed by atoms with van der Waals surface area (Å²) in [5, 5.41) is 1.10. The SMILES string of the molecule is BrCCCCCOc1ccc(CN2CCCCC2)cc1. The first kappa shape index (κ1) is 15.8. The summed E-state index contributed by atoms with van der Waals surface area (Å²) in [6.07, 6.45) is 7.72. The van der Waals surface area contributed by atoms with Crippen molar-refractivity contribution in [2.75, 3.05) is 25.0 Å². The zero-order chi connectivity index (χ0) is 14.0. The first-order valence-electron chi connectivity index (χ1n) is 7.88. The fourth-order valence-electron chi connectivity index (χ4n) is 2.63. The predicted molar refractivity (Wildman–Crippen MR) is 88.7 cm³/mol. The highest BCUT2D eigenvalue weighted by molar-refractivity contribution is 9.09. The van der Waals surface area contributed by atoms with Crippen LogP contribution in [0.2, 0.25) is 0 Å². The summed E-state index contributed by atoms with van der Waals surface area (Å²) >= 11 is 3.45. The molecule has 1 aliphatic rings. The molecule has 1 aliphatic heterocycles. The van der Waals surface area contributed by atoms with Gasteiger partial charge in [0.15, 0.2) is 0 Å². The van der Waals surface area contributed by atoms with Crippen LogP contribution in [0.1, 0.15) is 44.1 Å². The van der Waals surface area contributed by atoms with Gasteiger partial charge >= 0.3 is 0 Å². The van der Waals surface area contributed by atoms with Crippen LogP contribution < -0.4 is 4.74 Å². The molecule has 1 aromatic rings. The van der Waals surface area contributed by atoms with E-state index in [2.05, 4.69) is 45.1 Å². The van der Waals surface area contributed by atoms with Crippen molar-refractivity contribution in [3.63, 3.8) is 0 Å². The lowest BCUT2D eigenvalue weighted by Gasteiger charge is -2.26. The van der Waals surface area contributed by atoms with Gasteiger partial charge < -0.3 is 4.74 Å². The molecule has 1 saturated heterocycles. The van der Waals surface area contributed by atoms with E-state index in [0.717, 1.165) is 30.7 Å². The topological polar surface area (TPSA) is 12.5 Å². The maximum absolute atomic E-state index is 5.77. The van der Waals surface area contributed by atoms with E-state index in [9.17, 15) is 0 Å². The number of rotatable bonds is 8. The van der Waals surface area contributed by atoms with Crippen LogP contribution in [-0.4, -0.2) is 29.9 Å². The van der Waals surface area contributed by atoms with E-state index in [0.29, 0.717) is 0 Å². The molecule has 0 bridgehead atoms. The van der Waals surface area contributed by atoms with Crippen LogP contribution >= 0.6 is 15.9 Å². The fourth-order valence-corrected chi connectivity index (χ4v) is 3.03. The van der Waals surface area contributed by atoms with Gasteiger partial charge in [0, 0.05) is 11.9 Å². The standard InChI is InChI=1S/C17H26BrNO/c18-11-3-1-6-14-20-17-9-7-16(8-10-17)15-19-12-4-2-5-13-19/h7-10H,1-6,11-15H2. The smallest absolute Gasteiger partial charge is 0.119 e. The average molecular weight is 340 g/mol. The third-order valence-electron chi connectivity index (χ3n) is 3.82. The van der Waals surface area contributed by atoms with Crippen molar-refractivity contribution < 1.29 is 4.74 Å². The molecular formula is C17H26BrNO. The molecule has 2 rings (SSSR count). The molecule has 3 heteroatoms. The summed E-state index contributed by atoms with van der Waals surface area (Å²) in [7, 11) is 0. The van der Waals surface area contributed by atoms with Gasteiger partial charge in [-0.3, -0.25) is 4.90 Å². The molecule has 1 aromatic carbocycles. The second kappa shape index (κ2) is 9.41. The Bertz CT molecular complexity index is 360. The van der Waals surface area contributed by atoms with Crippen LogP contribution in [0.25, 0.3) is 0 Å². The number of halogens is 1. The molecule has 1 fully saturated rings. The average Bonchev–Trinajstić information content (AvgIpc) is 2.50. The molecule has 112 valence electrons. The molecule has 0 amide bonds. The monoisotopic (exact) mass is 339 g/mol. The van der Waals surface area contributed by atoms with Crippen molar-refractivity contribution in [1.82, 2.24) is 4.90 Å². The highest BCUT2D eigenvalue weighted by Crippen LogP contribution is 2.16. The van der Waals surface area contributed by atoms with E-state index >= 15 is 0 Å². The minimum absolute atomic E-state index is 0.832. The Labute approximate surface area is 131 Å². The highest BCUT2D eigenvalue weighted by Gasteiger charge is 2.10. The molecule has 20 heavy (non-hydrogen) atoms. The minimum Gasteiger partial charge on any atom is -0.494 e.